The molecule has 1 aliphatic heterocycles. The fourth-order valence-corrected chi connectivity index (χ4v) is 2.47. The Morgan fingerprint density at radius 2 is 1.73 bits per heavy atom. The van der Waals surface area contributed by atoms with Gasteiger partial charge in [0, 0.05) is 0 Å². The summed E-state index contributed by atoms with van der Waals surface area (Å²) in [5.74, 6) is 0.741. The predicted molar refractivity (Wildman–Crippen MR) is 56.7 cm³/mol. The van der Waals surface area contributed by atoms with Gasteiger partial charge in [-0.1, -0.05) is 31.2 Å². The van der Waals surface area contributed by atoms with Gasteiger partial charge in [-0.3, -0.25) is 9.68 Å². The molecule has 3 rings (SSSR count). The molecule has 0 amide bonds. The molecule has 0 aromatic rings. The lowest BCUT2D eigenvalue weighted by molar-refractivity contribution is -0.316. The van der Waals surface area contributed by atoms with Crippen LogP contribution in [-0.4, -0.2) is 24.0 Å². The van der Waals surface area contributed by atoms with E-state index in [4.69, 9.17) is 9.68 Å². The lowest BCUT2D eigenvalue weighted by atomic mass is 10.0. The summed E-state index contributed by atoms with van der Waals surface area (Å²) in [6.45, 7) is 5.55. The first-order valence-electron chi connectivity index (χ1n) is 5.91. The summed E-state index contributed by atoms with van der Waals surface area (Å²) in [4.78, 5) is 11.5. The molecule has 1 saturated heterocycles. The van der Waals surface area contributed by atoms with Crippen LogP contribution in [0.25, 0.3) is 0 Å². The van der Waals surface area contributed by atoms with Gasteiger partial charge in [-0.2, -0.15) is 0 Å². The van der Waals surface area contributed by atoms with E-state index in [0.29, 0.717) is 5.41 Å². The number of hydroxylamine groups is 2. The summed E-state index contributed by atoms with van der Waals surface area (Å²) in [6.07, 6.45) is 8.19. The molecule has 0 spiro atoms. The molecule has 2 fully saturated rings. The van der Waals surface area contributed by atoms with Crippen molar-refractivity contribution in [1.29, 1.82) is 0 Å². The van der Waals surface area contributed by atoms with Gasteiger partial charge in [-0.15, -0.1) is 0 Å². The van der Waals surface area contributed by atoms with E-state index in [2.05, 4.69) is 26.0 Å². The minimum Gasteiger partial charge on any atom is -0.268 e. The summed E-state index contributed by atoms with van der Waals surface area (Å²) < 4.78 is 0. The van der Waals surface area contributed by atoms with Crippen LogP contribution in [0.15, 0.2) is 12.2 Å². The van der Waals surface area contributed by atoms with Gasteiger partial charge < -0.3 is 0 Å². The van der Waals surface area contributed by atoms with Crippen molar-refractivity contribution in [3.8, 4) is 0 Å². The van der Waals surface area contributed by atoms with Gasteiger partial charge in [0.15, 0.2) is 0 Å². The summed E-state index contributed by atoms with van der Waals surface area (Å²) in [7, 11) is 0. The molecule has 15 heavy (non-hydrogen) atoms. The lowest BCUT2D eigenvalue weighted by Gasteiger charge is -2.14. The number of rotatable bonds is 2. The van der Waals surface area contributed by atoms with E-state index in [1.54, 1.807) is 5.23 Å². The van der Waals surface area contributed by atoms with Crippen molar-refractivity contribution in [2.75, 3.05) is 6.54 Å². The van der Waals surface area contributed by atoms with Crippen molar-refractivity contribution in [2.45, 2.75) is 45.3 Å². The molecule has 2 aliphatic carbocycles. The number of nitrogens with zero attached hydrogens (tertiary/aromatic N) is 1. The molecule has 0 radical (unpaired) electrons. The van der Waals surface area contributed by atoms with E-state index < -0.39 is 0 Å². The summed E-state index contributed by atoms with van der Waals surface area (Å²) in [5, 5.41) is 1.74. The van der Waals surface area contributed by atoms with Crippen molar-refractivity contribution < 1.29 is 9.68 Å². The molecule has 0 aromatic heterocycles. The number of fused-ring (bicyclic) bond motifs is 1. The Balaban J connectivity index is 1.54. The standard InChI is InChI=1S/C12H19NO2/c1-12(2)7-9(12)8-13-14-10-5-3-4-6-11(10)15-13/h3-4,9-11H,5-8H2,1-2H3. The van der Waals surface area contributed by atoms with Crippen LogP contribution in [0.5, 0.6) is 0 Å². The molecular formula is C12H19NO2. The van der Waals surface area contributed by atoms with Crippen LogP contribution >= 0.6 is 0 Å². The third-order valence-electron chi connectivity index (χ3n) is 3.91. The zero-order valence-corrected chi connectivity index (χ0v) is 9.48. The maximum atomic E-state index is 5.77. The minimum absolute atomic E-state index is 0.261. The molecule has 3 nitrogen and oxygen atoms in total. The molecule has 0 bridgehead atoms. The van der Waals surface area contributed by atoms with Gasteiger partial charge >= 0.3 is 0 Å². The quantitative estimate of drug-likeness (QED) is 0.651. The number of hydrogen-bond donors (Lipinski definition) is 0. The highest BCUT2D eigenvalue weighted by Gasteiger charge is 2.48. The summed E-state index contributed by atoms with van der Waals surface area (Å²) in [5.41, 5.74) is 0.499. The van der Waals surface area contributed by atoms with E-state index in [1.807, 2.05) is 0 Å². The fraction of sp³-hybridized carbons (Fsp3) is 0.833. The molecule has 3 aliphatic rings. The van der Waals surface area contributed by atoms with E-state index in [9.17, 15) is 0 Å². The Morgan fingerprint density at radius 3 is 2.20 bits per heavy atom. The van der Waals surface area contributed by atoms with E-state index >= 15 is 0 Å². The Hall–Kier alpha value is -0.380. The smallest absolute Gasteiger partial charge is 0.114 e. The first kappa shape index (κ1) is 9.82. The Kier molecular flexibility index (Phi) is 2.16. The molecule has 3 heteroatoms. The van der Waals surface area contributed by atoms with Gasteiger partial charge in [0.05, 0.1) is 6.54 Å². The zero-order chi connectivity index (χ0) is 10.5. The maximum absolute atomic E-state index is 5.77. The largest absolute Gasteiger partial charge is 0.268 e. The van der Waals surface area contributed by atoms with Gasteiger partial charge in [-0.05, 0) is 30.6 Å². The Bertz CT molecular complexity index is 271. The van der Waals surface area contributed by atoms with Crippen molar-refractivity contribution in [3.63, 3.8) is 0 Å². The van der Waals surface area contributed by atoms with Crippen molar-refractivity contribution in [1.82, 2.24) is 5.23 Å². The van der Waals surface area contributed by atoms with E-state index in [0.717, 1.165) is 25.3 Å². The van der Waals surface area contributed by atoms with Crippen molar-refractivity contribution >= 4 is 0 Å². The SMILES string of the molecule is CC1(C)CC1CN1OC2CC=CCC2O1. The van der Waals surface area contributed by atoms with Gasteiger partial charge in [0.1, 0.15) is 12.2 Å². The van der Waals surface area contributed by atoms with Crippen LogP contribution in [-0.2, 0) is 9.68 Å². The average Bonchev–Trinajstić information content (AvgIpc) is 2.61. The molecule has 3 atom stereocenters. The highest BCUT2D eigenvalue weighted by Crippen LogP contribution is 2.52. The second kappa shape index (κ2) is 3.30. The average molecular weight is 209 g/mol. The van der Waals surface area contributed by atoms with Crippen LogP contribution in [0.2, 0.25) is 0 Å². The lowest BCUT2D eigenvalue weighted by Crippen LogP contribution is -2.23. The minimum atomic E-state index is 0.261. The Morgan fingerprint density at radius 1 is 1.20 bits per heavy atom. The third-order valence-corrected chi connectivity index (χ3v) is 3.91. The highest BCUT2D eigenvalue weighted by atomic mass is 17.0. The molecule has 0 N–H and O–H groups in total. The monoisotopic (exact) mass is 209 g/mol. The van der Waals surface area contributed by atoms with Crippen LogP contribution in [0.1, 0.15) is 33.1 Å². The summed E-state index contributed by atoms with van der Waals surface area (Å²) >= 11 is 0. The Labute approximate surface area is 90.9 Å². The predicted octanol–water partition coefficient (Wildman–Crippen LogP) is 2.30. The molecule has 1 saturated carbocycles. The molecular weight excluding hydrogens is 190 g/mol. The van der Waals surface area contributed by atoms with Crippen molar-refractivity contribution in [2.24, 2.45) is 11.3 Å². The fourth-order valence-electron chi connectivity index (χ4n) is 2.47. The first-order chi connectivity index (χ1) is 7.15. The topological polar surface area (TPSA) is 21.7 Å². The molecule has 1 heterocycles. The summed E-state index contributed by atoms with van der Waals surface area (Å²) in [6, 6.07) is 0. The third kappa shape index (κ3) is 1.84. The normalized spacial score (nSPS) is 42.9. The zero-order valence-electron chi connectivity index (χ0n) is 9.48. The molecule has 3 unspecified atom stereocenters. The first-order valence-corrected chi connectivity index (χ1v) is 5.91. The van der Waals surface area contributed by atoms with Crippen molar-refractivity contribution in [3.05, 3.63) is 12.2 Å². The van der Waals surface area contributed by atoms with E-state index in [1.165, 1.54) is 6.42 Å². The van der Waals surface area contributed by atoms with Gasteiger partial charge in [0.2, 0.25) is 0 Å². The van der Waals surface area contributed by atoms with E-state index in [-0.39, 0.29) is 12.2 Å². The van der Waals surface area contributed by atoms with Crippen LogP contribution in [0.3, 0.4) is 0 Å². The number of hydrogen-bond acceptors (Lipinski definition) is 3. The van der Waals surface area contributed by atoms with Gasteiger partial charge in [-0.25, -0.2) is 0 Å². The second-order valence-electron chi connectivity index (χ2n) is 5.64. The highest BCUT2D eigenvalue weighted by molar-refractivity contribution is 4.98. The molecule has 84 valence electrons. The van der Waals surface area contributed by atoms with Gasteiger partial charge in [0.25, 0.3) is 0 Å². The van der Waals surface area contributed by atoms with Crippen LogP contribution < -0.4 is 0 Å². The maximum Gasteiger partial charge on any atom is 0.114 e. The molecule has 0 aromatic carbocycles. The second-order valence-corrected chi connectivity index (χ2v) is 5.64. The van der Waals surface area contributed by atoms with Crippen LogP contribution in [0.4, 0.5) is 0 Å². The van der Waals surface area contributed by atoms with Crippen LogP contribution in [0, 0.1) is 11.3 Å².